The molecule has 34 heavy (non-hydrogen) atoms. The molecule has 2 aliphatic heterocycles. The number of urea groups is 1. The first-order valence-electron chi connectivity index (χ1n) is 11.8. The number of rotatable bonds is 3. The lowest BCUT2D eigenvalue weighted by Gasteiger charge is -2.50. The van der Waals surface area contributed by atoms with Crippen LogP contribution in [0.1, 0.15) is 69.2 Å². The van der Waals surface area contributed by atoms with Gasteiger partial charge in [-0.05, 0) is 101 Å². The molecule has 2 aliphatic rings. The molecule has 1 fully saturated rings. The van der Waals surface area contributed by atoms with Crippen LogP contribution in [0.15, 0.2) is 42.0 Å². The van der Waals surface area contributed by atoms with Crippen molar-refractivity contribution in [2.75, 3.05) is 9.80 Å². The van der Waals surface area contributed by atoms with Crippen LogP contribution in [0.3, 0.4) is 0 Å². The van der Waals surface area contributed by atoms with E-state index >= 15 is 0 Å². The lowest BCUT2D eigenvalue weighted by Crippen LogP contribution is -2.54. The Labute approximate surface area is 201 Å². The molecule has 0 spiro atoms. The van der Waals surface area contributed by atoms with Crippen molar-refractivity contribution in [1.29, 1.82) is 0 Å². The van der Waals surface area contributed by atoms with Crippen LogP contribution in [-0.2, 0) is 9.59 Å². The summed E-state index contributed by atoms with van der Waals surface area (Å²) in [7, 11) is 0. The topological polar surface area (TPSA) is 69.7 Å². The summed E-state index contributed by atoms with van der Waals surface area (Å²) >= 11 is 0. The van der Waals surface area contributed by atoms with E-state index in [1.165, 1.54) is 11.3 Å². The van der Waals surface area contributed by atoms with E-state index in [-0.39, 0.29) is 11.1 Å². The first-order valence-corrected chi connectivity index (χ1v) is 11.8. The van der Waals surface area contributed by atoms with Gasteiger partial charge in [-0.15, -0.1) is 0 Å². The largest absolute Gasteiger partial charge is 0.364 e. The quantitative estimate of drug-likeness (QED) is 0.488. The summed E-state index contributed by atoms with van der Waals surface area (Å²) in [5.41, 5.74) is 5.62. The molecule has 1 unspecified atom stereocenters. The summed E-state index contributed by atoms with van der Waals surface area (Å²) in [6.45, 7) is 15.1. The molecule has 4 rings (SSSR count). The Bertz CT molecular complexity index is 1210. The summed E-state index contributed by atoms with van der Waals surface area (Å²) < 4.78 is 0. The second kappa shape index (κ2) is 8.42. The van der Waals surface area contributed by atoms with E-state index in [2.05, 4.69) is 57.0 Å². The number of carbonyl (C=O) groups is 3. The summed E-state index contributed by atoms with van der Waals surface area (Å²) in [5.74, 6) is -0.958. The Morgan fingerprint density at radius 2 is 1.71 bits per heavy atom. The molecule has 0 aromatic heterocycles. The smallest absolute Gasteiger partial charge is 0.335 e. The third-order valence-corrected chi connectivity index (χ3v) is 6.87. The fraction of sp³-hybridized carbons (Fsp3) is 0.393. The SMILES string of the molecule is Cc1ccc(N2C(=O)NC(=O)/C(=C\c3cc4c(cc3C)N(C(C)C)C(C)(C)CC4C)C2=O)cc1. The lowest BCUT2D eigenvalue weighted by atomic mass is 9.78. The molecule has 6 nitrogen and oxygen atoms in total. The molecule has 0 saturated carbocycles. The van der Waals surface area contributed by atoms with Gasteiger partial charge in [-0.3, -0.25) is 14.9 Å². The highest BCUT2D eigenvalue weighted by Gasteiger charge is 2.39. The van der Waals surface area contributed by atoms with E-state index in [0.717, 1.165) is 28.0 Å². The van der Waals surface area contributed by atoms with Crippen molar-refractivity contribution in [3.8, 4) is 0 Å². The zero-order valence-corrected chi connectivity index (χ0v) is 21.0. The van der Waals surface area contributed by atoms with E-state index in [4.69, 9.17) is 0 Å². The maximum Gasteiger partial charge on any atom is 0.335 e. The average molecular weight is 460 g/mol. The molecule has 1 N–H and O–H groups in total. The van der Waals surface area contributed by atoms with E-state index in [1.54, 1.807) is 18.2 Å². The van der Waals surface area contributed by atoms with Crippen LogP contribution in [0.4, 0.5) is 16.2 Å². The molecule has 178 valence electrons. The number of hydrogen-bond acceptors (Lipinski definition) is 4. The van der Waals surface area contributed by atoms with Gasteiger partial charge in [-0.1, -0.05) is 24.6 Å². The van der Waals surface area contributed by atoms with E-state index < -0.39 is 17.8 Å². The van der Waals surface area contributed by atoms with Crippen LogP contribution in [-0.4, -0.2) is 29.4 Å². The number of barbiturate groups is 1. The van der Waals surface area contributed by atoms with Gasteiger partial charge >= 0.3 is 6.03 Å². The Hall–Kier alpha value is -3.41. The minimum Gasteiger partial charge on any atom is -0.364 e. The van der Waals surface area contributed by atoms with Gasteiger partial charge in [-0.25, -0.2) is 9.69 Å². The Kier molecular flexibility index (Phi) is 5.88. The van der Waals surface area contributed by atoms with Crippen LogP contribution >= 0.6 is 0 Å². The van der Waals surface area contributed by atoms with Crippen molar-refractivity contribution in [1.82, 2.24) is 5.32 Å². The van der Waals surface area contributed by atoms with Gasteiger partial charge in [0.1, 0.15) is 5.57 Å². The molecule has 0 radical (unpaired) electrons. The van der Waals surface area contributed by atoms with Crippen molar-refractivity contribution < 1.29 is 14.4 Å². The highest BCUT2D eigenvalue weighted by Crippen LogP contribution is 2.45. The molecular formula is C28H33N3O3. The number of anilines is 2. The normalized spacial score (nSPS) is 21.2. The second-order valence-electron chi connectivity index (χ2n) is 10.4. The molecule has 2 heterocycles. The number of imide groups is 2. The van der Waals surface area contributed by atoms with Gasteiger partial charge in [-0.2, -0.15) is 0 Å². The number of aryl methyl sites for hydroxylation is 2. The zero-order chi connectivity index (χ0) is 24.9. The van der Waals surface area contributed by atoms with Crippen LogP contribution in [0.25, 0.3) is 6.08 Å². The minimum absolute atomic E-state index is 0.0289. The molecular weight excluding hydrogens is 426 g/mol. The van der Waals surface area contributed by atoms with Gasteiger partial charge in [0.15, 0.2) is 0 Å². The maximum atomic E-state index is 13.3. The van der Waals surface area contributed by atoms with Crippen molar-refractivity contribution in [3.63, 3.8) is 0 Å². The number of carbonyl (C=O) groups excluding carboxylic acids is 3. The Balaban J connectivity index is 1.78. The molecule has 4 amide bonds. The highest BCUT2D eigenvalue weighted by atomic mass is 16.2. The first kappa shape index (κ1) is 23.7. The number of hydrogen-bond donors (Lipinski definition) is 1. The number of amides is 4. The Morgan fingerprint density at radius 1 is 1.06 bits per heavy atom. The summed E-state index contributed by atoms with van der Waals surface area (Å²) in [4.78, 5) is 42.0. The average Bonchev–Trinajstić information content (AvgIpc) is 2.72. The standard InChI is InChI=1S/C28H33N3O3/c1-16(2)31-24-12-18(4)20(13-22(24)19(5)15-28(31,6)7)14-23-25(32)29-27(34)30(26(23)33)21-10-8-17(3)9-11-21/h8-14,16,19H,15H2,1-7H3,(H,29,32,34)/b23-14+. The minimum atomic E-state index is -0.735. The summed E-state index contributed by atoms with van der Waals surface area (Å²) in [5, 5.41) is 2.32. The highest BCUT2D eigenvalue weighted by molar-refractivity contribution is 6.39. The van der Waals surface area contributed by atoms with E-state index in [9.17, 15) is 14.4 Å². The second-order valence-corrected chi connectivity index (χ2v) is 10.4. The number of nitrogens with one attached hydrogen (secondary N) is 1. The van der Waals surface area contributed by atoms with E-state index in [0.29, 0.717) is 17.6 Å². The predicted molar refractivity (Wildman–Crippen MR) is 136 cm³/mol. The number of nitrogens with zero attached hydrogens (tertiary/aromatic N) is 2. The van der Waals surface area contributed by atoms with Crippen LogP contribution < -0.4 is 15.1 Å². The third kappa shape index (κ3) is 4.02. The van der Waals surface area contributed by atoms with Gasteiger partial charge in [0.05, 0.1) is 5.69 Å². The predicted octanol–water partition coefficient (Wildman–Crippen LogP) is 5.47. The first-order chi connectivity index (χ1) is 15.9. The summed E-state index contributed by atoms with van der Waals surface area (Å²) in [6.07, 6.45) is 2.62. The molecule has 0 bridgehead atoms. The van der Waals surface area contributed by atoms with Gasteiger partial charge in [0, 0.05) is 17.3 Å². The fourth-order valence-corrected chi connectivity index (χ4v) is 5.49. The fourth-order valence-electron chi connectivity index (χ4n) is 5.49. The van der Waals surface area contributed by atoms with Crippen molar-refractivity contribution in [2.45, 2.75) is 72.4 Å². The number of fused-ring (bicyclic) bond motifs is 1. The molecule has 6 heteroatoms. The Morgan fingerprint density at radius 3 is 2.32 bits per heavy atom. The van der Waals surface area contributed by atoms with Crippen molar-refractivity contribution in [3.05, 3.63) is 64.2 Å². The molecule has 2 aromatic carbocycles. The van der Waals surface area contributed by atoms with Crippen LogP contribution in [0, 0.1) is 13.8 Å². The number of benzene rings is 2. The van der Waals surface area contributed by atoms with Crippen molar-refractivity contribution in [2.24, 2.45) is 0 Å². The van der Waals surface area contributed by atoms with Gasteiger partial charge < -0.3 is 4.90 Å². The lowest BCUT2D eigenvalue weighted by molar-refractivity contribution is -0.122. The van der Waals surface area contributed by atoms with Crippen LogP contribution in [0.5, 0.6) is 0 Å². The van der Waals surface area contributed by atoms with E-state index in [1.807, 2.05) is 26.0 Å². The maximum absolute atomic E-state index is 13.3. The molecule has 2 aromatic rings. The zero-order valence-electron chi connectivity index (χ0n) is 21.0. The van der Waals surface area contributed by atoms with Crippen molar-refractivity contribution >= 4 is 35.3 Å². The molecule has 0 aliphatic carbocycles. The monoisotopic (exact) mass is 459 g/mol. The van der Waals surface area contributed by atoms with Gasteiger partial charge in [0.25, 0.3) is 11.8 Å². The van der Waals surface area contributed by atoms with Crippen LogP contribution in [0.2, 0.25) is 0 Å². The summed E-state index contributed by atoms with van der Waals surface area (Å²) in [6, 6.07) is 10.9. The molecule has 1 atom stereocenters. The molecule has 1 saturated heterocycles. The third-order valence-electron chi connectivity index (χ3n) is 6.87. The van der Waals surface area contributed by atoms with Gasteiger partial charge in [0.2, 0.25) is 0 Å².